The zero-order valence-corrected chi connectivity index (χ0v) is 12.5. The van der Waals surface area contributed by atoms with Crippen molar-refractivity contribution in [1.29, 1.82) is 0 Å². The van der Waals surface area contributed by atoms with Crippen molar-refractivity contribution in [2.24, 2.45) is 0 Å². The van der Waals surface area contributed by atoms with E-state index in [-0.39, 0.29) is 5.75 Å². The molecule has 19 heavy (non-hydrogen) atoms. The van der Waals surface area contributed by atoms with Crippen LogP contribution in [0.4, 0.5) is 5.69 Å². The zero-order chi connectivity index (χ0) is 13.8. The molecule has 100 valence electrons. The molecular formula is C15H16BrNO2. The second-order valence-electron chi connectivity index (χ2n) is 4.30. The molecule has 0 saturated carbocycles. The highest BCUT2D eigenvalue weighted by Gasteiger charge is 2.10. The Labute approximate surface area is 121 Å². The van der Waals surface area contributed by atoms with Crippen LogP contribution in [0.2, 0.25) is 0 Å². The van der Waals surface area contributed by atoms with Crippen LogP contribution in [0.3, 0.4) is 0 Å². The Morgan fingerprint density at radius 3 is 2.68 bits per heavy atom. The predicted octanol–water partition coefficient (Wildman–Crippen LogP) is 3.80. The number of ether oxygens (including phenoxy) is 1. The van der Waals surface area contributed by atoms with Gasteiger partial charge in [-0.2, -0.15) is 0 Å². The summed E-state index contributed by atoms with van der Waals surface area (Å²) in [5, 5.41) is 9.56. The van der Waals surface area contributed by atoms with Crippen LogP contribution in [-0.2, 0) is 6.54 Å². The molecule has 0 fully saturated rings. The van der Waals surface area contributed by atoms with Gasteiger partial charge >= 0.3 is 0 Å². The van der Waals surface area contributed by atoms with Gasteiger partial charge in [0.1, 0.15) is 11.5 Å². The summed E-state index contributed by atoms with van der Waals surface area (Å²) in [6.07, 6.45) is 0. The summed E-state index contributed by atoms with van der Waals surface area (Å²) in [5.41, 5.74) is 2.04. The van der Waals surface area contributed by atoms with Gasteiger partial charge in [0.2, 0.25) is 0 Å². The lowest BCUT2D eigenvalue weighted by Gasteiger charge is -2.22. The highest BCUT2D eigenvalue weighted by atomic mass is 79.9. The van der Waals surface area contributed by atoms with Crippen molar-refractivity contribution in [1.82, 2.24) is 0 Å². The molecule has 0 unspecified atom stereocenters. The lowest BCUT2D eigenvalue weighted by atomic mass is 10.2. The minimum Gasteiger partial charge on any atom is -0.508 e. The lowest BCUT2D eigenvalue weighted by molar-refractivity contribution is 0.415. The number of para-hydroxylation sites is 2. The maximum absolute atomic E-state index is 9.56. The van der Waals surface area contributed by atoms with Crippen molar-refractivity contribution in [2.45, 2.75) is 6.54 Å². The van der Waals surface area contributed by atoms with E-state index in [4.69, 9.17) is 4.74 Å². The molecule has 0 saturated heterocycles. The molecule has 2 aromatic carbocycles. The molecule has 0 aromatic heterocycles. The van der Waals surface area contributed by atoms with E-state index in [2.05, 4.69) is 20.8 Å². The molecule has 1 N–H and O–H groups in total. The van der Waals surface area contributed by atoms with Gasteiger partial charge in [-0.3, -0.25) is 0 Å². The fourth-order valence-electron chi connectivity index (χ4n) is 1.97. The van der Waals surface area contributed by atoms with Gasteiger partial charge in [0.25, 0.3) is 0 Å². The monoisotopic (exact) mass is 321 g/mol. The van der Waals surface area contributed by atoms with Crippen LogP contribution in [0.25, 0.3) is 0 Å². The minimum absolute atomic E-state index is 0.270. The smallest absolute Gasteiger partial charge is 0.142 e. The van der Waals surface area contributed by atoms with Gasteiger partial charge in [0.15, 0.2) is 0 Å². The largest absolute Gasteiger partial charge is 0.508 e. The Morgan fingerprint density at radius 2 is 1.95 bits per heavy atom. The number of anilines is 1. The first-order valence-corrected chi connectivity index (χ1v) is 6.72. The van der Waals surface area contributed by atoms with Gasteiger partial charge in [0, 0.05) is 18.1 Å². The van der Waals surface area contributed by atoms with Crippen LogP contribution in [0.15, 0.2) is 46.9 Å². The van der Waals surface area contributed by atoms with Gasteiger partial charge in [0.05, 0.1) is 12.8 Å². The van der Waals surface area contributed by atoms with E-state index < -0.39 is 0 Å². The molecule has 0 aliphatic heterocycles. The van der Waals surface area contributed by atoms with E-state index in [1.807, 2.05) is 37.4 Å². The maximum Gasteiger partial charge on any atom is 0.142 e. The van der Waals surface area contributed by atoms with Crippen molar-refractivity contribution < 1.29 is 9.84 Å². The number of nitrogens with zero attached hydrogens (tertiary/aromatic N) is 1. The summed E-state index contributed by atoms with van der Waals surface area (Å²) >= 11 is 3.50. The van der Waals surface area contributed by atoms with Crippen LogP contribution >= 0.6 is 15.9 Å². The minimum atomic E-state index is 0.270. The third kappa shape index (κ3) is 3.20. The van der Waals surface area contributed by atoms with E-state index in [0.717, 1.165) is 21.5 Å². The van der Waals surface area contributed by atoms with E-state index >= 15 is 0 Å². The summed E-state index contributed by atoms with van der Waals surface area (Å²) in [7, 11) is 3.66. The van der Waals surface area contributed by atoms with Crippen molar-refractivity contribution in [3.8, 4) is 11.5 Å². The molecule has 0 bridgehead atoms. The molecule has 0 spiro atoms. The summed E-state index contributed by atoms with van der Waals surface area (Å²) in [5.74, 6) is 1.10. The van der Waals surface area contributed by atoms with Gasteiger partial charge in [-0.25, -0.2) is 0 Å². The highest BCUT2D eigenvalue weighted by Crippen LogP contribution is 2.30. The third-order valence-corrected chi connectivity index (χ3v) is 3.71. The van der Waals surface area contributed by atoms with Crippen LogP contribution in [0, 0.1) is 0 Å². The van der Waals surface area contributed by atoms with Crippen LogP contribution in [0.5, 0.6) is 11.5 Å². The molecule has 0 aliphatic carbocycles. The molecule has 0 heterocycles. The molecule has 0 radical (unpaired) electrons. The highest BCUT2D eigenvalue weighted by molar-refractivity contribution is 9.10. The standard InChI is InChI=1S/C15H16BrNO2/c1-17(14-5-3-4-6-15(14)19-2)10-11-9-12(18)7-8-13(11)16/h3-9,18H,10H2,1-2H3. The van der Waals surface area contributed by atoms with Gasteiger partial charge < -0.3 is 14.7 Å². The third-order valence-electron chi connectivity index (χ3n) is 2.93. The lowest BCUT2D eigenvalue weighted by Crippen LogP contribution is -2.17. The Balaban J connectivity index is 2.25. The van der Waals surface area contributed by atoms with E-state index in [0.29, 0.717) is 6.54 Å². The molecular weight excluding hydrogens is 306 g/mol. The summed E-state index contributed by atoms with van der Waals surface area (Å²) in [4.78, 5) is 2.08. The fourth-order valence-corrected chi connectivity index (χ4v) is 2.34. The first-order chi connectivity index (χ1) is 9.11. The molecule has 0 aliphatic rings. The average molecular weight is 322 g/mol. The number of hydrogen-bond donors (Lipinski definition) is 1. The number of halogens is 1. The van der Waals surface area contributed by atoms with E-state index in [1.165, 1.54) is 0 Å². The normalized spacial score (nSPS) is 10.3. The second-order valence-corrected chi connectivity index (χ2v) is 5.16. The number of rotatable bonds is 4. The summed E-state index contributed by atoms with van der Waals surface area (Å²) in [6, 6.07) is 13.1. The quantitative estimate of drug-likeness (QED) is 0.929. The Morgan fingerprint density at radius 1 is 1.21 bits per heavy atom. The summed E-state index contributed by atoms with van der Waals surface area (Å²) < 4.78 is 6.33. The average Bonchev–Trinajstić information content (AvgIpc) is 2.42. The fraction of sp³-hybridized carbons (Fsp3) is 0.200. The molecule has 2 aromatic rings. The van der Waals surface area contributed by atoms with Crippen LogP contribution < -0.4 is 9.64 Å². The number of methoxy groups -OCH3 is 1. The topological polar surface area (TPSA) is 32.7 Å². The van der Waals surface area contributed by atoms with Crippen LogP contribution in [-0.4, -0.2) is 19.3 Å². The SMILES string of the molecule is COc1ccccc1N(C)Cc1cc(O)ccc1Br. The van der Waals surface area contributed by atoms with Gasteiger partial charge in [-0.15, -0.1) is 0 Å². The number of benzene rings is 2. The van der Waals surface area contributed by atoms with Gasteiger partial charge in [-0.05, 0) is 35.9 Å². The Kier molecular flexibility index (Phi) is 4.32. The molecule has 4 heteroatoms. The molecule has 3 nitrogen and oxygen atoms in total. The Hall–Kier alpha value is -1.68. The molecule has 2 rings (SSSR count). The maximum atomic E-state index is 9.56. The predicted molar refractivity (Wildman–Crippen MR) is 80.9 cm³/mol. The molecule has 0 amide bonds. The van der Waals surface area contributed by atoms with Crippen LogP contribution in [0.1, 0.15) is 5.56 Å². The number of hydrogen-bond acceptors (Lipinski definition) is 3. The molecule has 0 atom stereocenters. The van der Waals surface area contributed by atoms with E-state index in [9.17, 15) is 5.11 Å². The second kappa shape index (κ2) is 5.97. The van der Waals surface area contributed by atoms with Gasteiger partial charge in [-0.1, -0.05) is 28.1 Å². The first kappa shape index (κ1) is 13.7. The first-order valence-electron chi connectivity index (χ1n) is 5.93. The number of phenolic OH excluding ortho intramolecular Hbond substituents is 1. The number of aromatic hydroxyl groups is 1. The van der Waals surface area contributed by atoms with Crippen molar-refractivity contribution in [3.05, 3.63) is 52.5 Å². The number of phenols is 1. The van der Waals surface area contributed by atoms with E-state index in [1.54, 1.807) is 19.2 Å². The van der Waals surface area contributed by atoms with Crippen molar-refractivity contribution in [3.63, 3.8) is 0 Å². The van der Waals surface area contributed by atoms with Crippen molar-refractivity contribution >= 4 is 21.6 Å². The van der Waals surface area contributed by atoms with Crippen molar-refractivity contribution in [2.75, 3.05) is 19.1 Å². The zero-order valence-electron chi connectivity index (χ0n) is 10.9. The Bertz CT molecular complexity index is 572. The summed E-state index contributed by atoms with van der Waals surface area (Å²) in [6.45, 7) is 0.676.